The normalized spacial score (nSPS) is 13.0. The van der Waals surface area contributed by atoms with Gasteiger partial charge in [-0.15, -0.1) is 0 Å². The van der Waals surface area contributed by atoms with Crippen LogP contribution in [0.1, 0.15) is 38.3 Å². The molecule has 0 heterocycles. The lowest BCUT2D eigenvalue weighted by atomic mass is 10.0. The molecule has 0 aliphatic rings. The minimum absolute atomic E-state index is 0.150. The summed E-state index contributed by atoms with van der Waals surface area (Å²) in [5.41, 5.74) is 1.90. The molecule has 43 heavy (non-hydrogen) atoms. The monoisotopic (exact) mass is 650 g/mol. The van der Waals surface area contributed by atoms with Gasteiger partial charge in [0.2, 0.25) is 12.2 Å². The van der Waals surface area contributed by atoms with E-state index in [0.29, 0.717) is 17.9 Å². The first-order valence-electron chi connectivity index (χ1n) is 14.1. The molecule has 0 aliphatic carbocycles. The Morgan fingerprint density at radius 3 is 2.09 bits per heavy atom. The van der Waals surface area contributed by atoms with Crippen molar-refractivity contribution in [2.45, 2.75) is 52.6 Å². The first-order valence-corrected chi connectivity index (χ1v) is 18.0. The van der Waals surface area contributed by atoms with Gasteiger partial charge in [0, 0.05) is 24.5 Å². The van der Waals surface area contributed by atoms with Crippen LogP contribution in [0.2, 0.25) is 0 Å². The van der Waals surface area contributed by atoms with E-state index in [1.807, 2.05) is 66.9 Å². The zero-order valence-electron chi connectivity index (χ0n) is 25.1. The summed E-state index contributed by atoms with van der Waals surface area (Å²) in [6, 6.07) is 18.9. The molecule has 0 radical (unpaired) electrons. The molecule has 9 nitrogen and oxygen atoms in total. The van der Waals surface area contributed by atoms with Gasteiger partial charge in [-0.05, 0) is 36.0 Å². The third-order valence-electron chi connectivity index (χ3n) is 5.99. The quantitative estimate of drug-likeness (QED) is 0.0876. The second-order valence-corrected chi connectivity index (χ2v) is 13.5. The molecule has 0 aromatic heterocycles. The third-order valence-corrected chi connectivity index (χ3v) is 9.19. The van der Waals surface area contributed by atoms with E-state index < -0.39 is 24.3 Å². The van der Waals surface area contributed by atoms with Gasteiger partial charge in [-0.1, -0.05) is 96.1 Å². The molecular formula is C31H42N2O7S3. The largest absolute Gasteiger partial charge is 0.460 e. The van der Waals surface area contributed by atoms with Crippen molar-refractivity contribution in [2.75, 3.05) is 30.1 Å². The van der Waals surface area contributed by atoms with E-state index in [2.05, 4.69) is 10.6 Å². The topological polar surface area (TPSA) is 120 Å². The first kappa shape index (κ1) is 36.4. The lowest BCUT2D eigenvalue weighted by Crippen LogP contribution is -2.39. The molecule has 12 heteroatoms. The molecule has 2 aromatic rings. The van der Waals surface area contributed by atoms with Gasteiger partial charge >= 0.3 is 18.0 Å². The van der Waals surface area contributed by atoms with E-state index in [1.54, 1.807) is 36.4 Å². The molecule has 0 saturated carbocycles. The number of hydrogen-bond donors (Lipinski definition) is 2. The number of benzene rings is 2. The average molecular weight is 651 g/mol. The molecular weight excluding hydrogens is 609 g/mol. The predicted octanol–water partition coefficient (Wildman–Crippen LogP) is 5.48. The number of carbonyl (C=O) groups excluding carboxylic acids is 4. The summed E-state index contributed by atoms with van der Waals surface area (Å²) in [5.74, 6) is 0.0781. The highest BCUT2D eigenvalue weighted by molar-refractivity contribution is 8.76. The number of thioether (sulfide) groups is 1. The summed E-state index contributed by atoms with van der Waals surface area (Å²) < 4.78 is 15.6. The molecule has 0 fully saturated rings. The maximum absolute atomic E-state index is 13.1. The summed E-state index contributed by atoms with van der Waals surface area (Å²) in [7, 11) is 3.09. The van der Waals surface area contributed by atoms with Crippen LogP contribution in [0.5, 0.6) is 0 Å². The molecule has 0 saturated heterocycles. The first-order chi connectivity index (χ1) is 20.7. The Morgan fingerprint density at radius 1 is 0.837 bits per heavy atom. The van der Waals surface area contributed by atoms with E-state index in [0.717, 1.165) is 23.3 Å². The van der Waals surface area contributed by atoms with Gasteiger partial charge in [-0.2, -0.15) is 11.8 Å². The SMILES string of the molecule is CSCC[C@@H](CSSC[C@@H](Cc1ccccc1)C(=O)NCC(=O)OCc1ccccc1)NC(=O)OC(C)OC(=O)C(C)C. The summed E-state index contributed by atoms with van der Waals surface area (Å²) >= 11 is 1.67. The number of amides is 2. The smallest absolute Gasteiger partial charge is 0.410 e. The number of rotatable bonds is 19. The van der Waals surface area contributed by atoms with E-state index in [9.17, 15) is 19.2 Å². The zero-order valence-corrected chi connectivity index (χ0v) is 27.6. The van der Waals surface area contributed by atoms with Gasteiger partial charge in [-0.3, -0.25) is 14.4 Å². The van der Waals surface area contributed by atoms with Crippen molar-refractivity contribution in [1.82, 2.24) is 10.6 Å². The van der Waals surface area contributed by atoms with Crippen molar-refractivity contribution in [2.24, 2.45) is 11.8 Å². The van der Waals surface area contributed by atoms with E-state index in [1.165, 1.54) is 17.7 Å². The molecule has 1 unspecified atom stereocenters. The van der Waals surface area contributed by atoms with Crippen molar-refractivity contribution in [3.8, 4) is 0 Å². The molecule has 2 aromatic carbocycles. The molecule has 2 rings (SSSR count). The predicted molar refractivity (Wildman–Crippen MR) is 175 cm³/mol. The lowest BCUT2D eigenvalue weighted by molar-refractivity contribution is -0.168. The Labute approximate surface area is 266 Å². The Morgan fingerprint density at radius 2 is 1.47 bits per heavy atom. The fourth-order valence-corrected chi connectivity index (χ4v) is 6.73. The number of alkyl carbamates (subject to hydrolysis) is 1. The molecule has 3 atom stereocenters. The molecule has 2 amide bonds. The van der Waals surface area contributed by atoms with Crippen LogP contribution in [0.3, 0.4) is 0 Å². The van der Waals surface area contributed by atoms with Crippen LogP contribution in [-0.4, -0.2) is 66.3 Å². The molecule has 0 aliphatic heterocycles. The average Bonchev–Trinajstić information content (AvgIpc) is 2.99. The van der Waals surface area contributed by atoms with E-state index in [4.69, 9.17) is 14.2 Å². The Kier molecular flexibility index (Phi) is 17.7. The second-order valence-electron chi connectivity index (χ2n) is 10.0. The summed E-state index contributed by atoms with van der Waals surface area (Å²) in [6.45, 7) is 4.86. The van der Waals surface area contributed by atoms with Crippen LogP contribution in [0.15, 0.2) is 60.7 Å². The number of esters is 2. The highest BCUT2D eigenvalue weighted by Gasteiger charge is 2.22. The number of hydrogen-bond acceptors (Lipinski definition) is 10. The van der Waals surface area contributed by atoms with Crippen LogP contribution in [0.4, 0.5) is 4.79 Å². The van der Waals surface area contributed by atoms with Crippen molar-refractivity contribution in [3.63, 3.8) is 0 Å². The highest BCUT2D eigenvalue weighted by Crippen LogP contribution is 2.27. The minimum Gasteiger partial charge on any atom is -0.460 e. The minimum atomic E-state index is -0.994. The van der Waals surface area contributed by atoms with Crippen LogP contribution < -0.4 is 10.6 Å². The van der Waals surface area contributed by atoms with Crippen molar-refractivity contribution in [1.29, 1.82) is 0 Å². The summed E-state index contributed by atoms with van der Waals surface area (Å²) in [4.78, 5) is 49.5. The third kappa shape index (κ3) is 16.0. The van der Waals surface area contributed by atoms with Crippen molar-refractivity contribution < 1.29 is 33.4 Å². The second kappa shape index (κ2) is 21.0. The molecule has 2 N–H and O–H groups in total. The zero-order chi connectivity index (χ0) is 31.5. The molecule has 0 bridgehead atoms. The van der Waals surface area contributed by atoms with Crippen LogP contribution >= 0.6 is 33.3 Å². The van der Waals surface area contributed by atoms with Crippen molar-refractivity contribution in [3.05, 3.63) is 71.8 Å². The Hall–Kier alpha value is -2.83. The fourth-order valence-electron chi connectivity index (χ4n) is 3.61. The maximum Gasteiger partial charge on any atom is 0.410 e. The number of ether oxygens (including phenoxy) is 3. The van der Waals surface area contributed by atoms with Gasteiger partial charge in [0.25, 0.3) is 0 Å². The Bertz CT molecular complexity index is 1120. The van der Waals surface area contributed by atoms with Crippen LogP contribution in [0, 0.1) is 11.8 Å². The fraction of sp³-hybridized carbons (Fsp3) is 0.484. The van der Waals surface area contributed by atoms with Gasteiger partial charge in [0.15, 0.2) is 0 Å². The number of nitrogens with one attached hydrogen (secondary N) is 2. The van der Waals surface area contributed by atoms with Crippen molar-refractivity contribution >= 4 is 57.3 Å². The van der Waals surface area contributed by atoms with Crippen LogP contribution in [-0.2, 0) is 41.6 Å². The van der Waals surface area contributed by atoms with E-state index in [-0.39, 0.29) is 36.9 Å². The Balaban J connectivity index is 1.86. The molecule has 236 valence electrons. The maximum atomic E-state index is 13.1. The van der Waals surface area contributed by atoms with E-state index >= 15 is 0 Å². The lowest BCUT2D eigenvalue weighted by Gasteiger charge is -2.21. The summed E-state index contributed by atoms with van der Waals surface area (Å²) in [6.07, 6.45) is 1.59. The number of carbonyl (C=O) groups is 4. The van der Waals surface area contributed by atoms with Gasteiger partial charge in [0.1, 0.15) is 13.2 Å². The highest BCUT2D eigenvalue weighted by atomic mass is 33.1. The standard InChI is InChI=1S/C31H42N2O7S3/c1-22(2)30(36)39-23(3)40-31(37)33-27(15-16-41-4)21-43-42-20-26(17-24-11-7-5-8-12-24)29(35)32-18-28(34)38-19-25-13-9-6-10-14-25/h5-14,22-23,26-27H,15-21H2,1-4H3,(H,32,35)(H,33,37)/t23?,26-,27+/m1/s1. The van der Waals surface area contributed by atoms with Gasteiger partial charge < -0.3 is 24.8 Å². The van der Waals surface area contributed by atoms with Gasteiger partial charge in [-0.25, -0.2) is 4.79 Å². The van der Waals surface area contributed by atoms with Gasteiger partial charge in [0.05, 0.1) is 11.8 Å². The summed E-state index contributed by atoms with van der Waals surface area (Å²) in [5, 5.41) is 5.59. The molecule has 0 spiro atoms. The van der Waals surface area contributed by atoms with Crippen LogP contribution in [0.25, 0.3) is 0 Å².